The van der Waals surface area contributed by atoms with Crippen molar-refractivity contribution in [2.45, 2.75) is 13.1 Å². The van der Waals surface area contributed by atoms with Crippen molar-refractivity contribution in [2.75, 3.05) is 5.32 Å². The number of rotatable bonds is 6. The SMILES string of the molecule is O=C(NCc1ccccc1Cn1cccn1)Nc1ccccc1-n1cccn1. The number of urea groups is 1. The highest BCUT2D eigenvalue weighted by atomic mass is 16.2. The van der Waals surface area contributed by atoms with E-state index >= 15 is 0 Å². The van der Waals surface area contributed by atoms with E-state index in [0.29, 0.717) is 18.8 Å². The van der Waals surface area contributed by atoms with Crippen LogP contribution in [0.4, 0.5) is 10.5 Å². The minimum Gasteiger partial charge on any atom is -0.334 e. The molecule has 0 saturated heterocycles. The van der Waals surface area contributed by atoms with Crippen LogP contribution in [0.3, 0.4) is 0 Å². The quantitative estimate of drug-likeness (QED) is 0.544. The lowest BCUT2D eigenvalue weighted by atomic mass is 10.1. The maximum absolute atomic E-state index is 12.5. The Labute approximate surface area is 162 Å². The van der Waals surface area contributed by atoms with E-state index in [0.717, 1.165) is 16.8 Å². The Hall–Kier alpha value is -3.87. The number of aromatic nitrogens is 4. The molecule has 4 rings (SSSR count). The number of hydrogen-bond acceptors (Lipinski definition) is 3. The third kappa shape index (κ3) is 4.09. The van der Waals surface area contributed by atoms with Gasteiger partial charge >= 0.3 is 6.03 Å². The van der Waals surface area contributed by atoms with Crippen LogP contribution in [-0.2, 0) is 13.1 Å². The molecule has 0 aliphatic carbocycles. The third-order valence-corrected chi connectivity index (χ3v) is 4.35. The molecule has 0 saturated carbocycles. The number of benzene rings is 2. The van der Waals surface area contributed by atoms with Crippen LogP contribution in [0.1, 0.15) is 11.1 Å². The fourth-order valence-corrected chi connectivity index (χ4v) is 2.99. The average Bonchev–Trinajstić information content (AvgIpc) is 3.42. The molecular formula is C21H20N6O. The molecule has 2 amide bonds. The Morgan fingerprint density at radius 3 is 2.39 bits per heavy atom. The first-order valence-electron chi connectivity index (χ1n) is 8.98. The normalized spacial score (nSPS) is 10.6. The second-order valence-corrected chi connectivity index (χ2v) is 6.25. The lowest BCUT2D eigenvalue weighted by Crippen LogP contribution is -2.29. The van der Waals surface area contributed by atoms with Crippen molar-refractivity contribution < 1.29 is 4.79 Å². The Kier molecular flexibility index (Phi) is 5.15. The smallest absolute Gasteiger partial charge is 0.319 e. The lowest BCUT2D eigenvalue weighted by Gasteiger charge is -2.13. The van der Waals surface area contributed by atoms with Crippen LogP contribution in [0.15, 0.2) is 85.5 Å². The van der Waals surface area contributed by atoms with Gasteiger partial charge in [0.1, 0.15) is 0 Å². The summed E-state index contributed by atoms with van der Waals surface area (Å²) in [6.45, 7) is 1.09. The van der Waals surface area contributed by atoms with Gasteiger partial charge in [-0.05, 0) is 35.4 Å². The standard InChI is InChI=1S/C21H20N6O/c28-21(25-19-9-3-4-10-20(19)27-14-6-12-24-27)22-15-17-7-1-2-8-18(17)16-26-13-5-11-23-26/h1-14H,15-16H2,(H2,22,25,28). The predicted molar refractivity (Wildman–Crippen MR) is 107 cm³/mol. The van der Waals surface area contributed by atoms with Gasteiger partial charge in [-0.25, -0.2) is 9.48 Å². The maximum Gasteiger partial charge on any atom is 0.319 e. The van der Waals surface area contributed by atoms with Gasteiger partial charge in [0.05, 0.1) is 17.9 Å². The van der Waals surface area contributed by atoms with Crippen molar-refractivity contribution >= 4 is 11.7 Å². The summed E-state index contributed by atoms with van der Waals surface area (Å²) in [6, 6.07) is 19.0. The van der Waals surface area contributed by atoms with E-state index < -0.39 is 0 Å². The molecule has 28 heavy (non-hydrogen) atoms. The molecule has 0 aliphatic rings. The van der Waals surface area contributed by atoms with Gasteiger partial charge in [0, 0.05) is 31.3 Å². The molecule has 4 aromatic rings. The largest absolute Gasteiger partial charge is 0.334 e. The molecule has 0 aliphatic heterocycles. The molecule has 2 N–H and O–H groups in total. The number of carbonyl (C=O) groups excluding carboxylic acids is 1. The Balaban J connectivity index is 1.42. The van der Waals surface area contributed by atoms with Crippen LogP contribution in [0.25, 0.3) is 5.69 Å². The molecule has 0 bridgehead atoms. The van der Waals surface area contributed by atoms with Crippen LogP contribution in [-0.4, -0.2) is 25.6 Å². The minimum absolute atomic E-state index is 0.270. The summed E-state index contributed by atoms with van der Waals surface area (Å²) in [5.74, 6) is 0. The van der Waals surface area contributed by atoms with Gasteiger partial charge in [-0.1, -0.05) is 36.4 Å². The number of hydrogen-bond donors (Lipinski definition) is 2. The molecule has 140 valence electrons. The molecule has 2 heterocycles. The minimum atomic E-state index is -0.270. The molecule has 0 atom stereocenters. The number of anilines is 1. The van der Waals surface area contributed by atoms with Crippen molar-refractivity contribution in [2.24, 2.45) is 0 Å². The Bertz CT molecular complexity index is 1040. The molecule has 0 unspecified atom stereocenters. The lowest BCUT2D eigenvalue weighted by molar-refractivity contribution is 0.251. The zero-order valence-electron chi connectivity index (χ0n) is 15.2. The van der Waals surface area contributed by atoms with Crippen LogP contribution >= 0.6 is 0 Å². The van der Waals surface area contributed by atoms with E-state index in [1.165, 1.54) is 0 Å². The molecule has 2 aromatic heterocycles. The summed E-state index contributed by atoms with van der Waals surface area (Å²) in [7, 11) is 0. The summed E-state index contributed by atoms with van der Waals surface area (Å²) >= 11 is 0. The first kappa shape index (κ1) is 17.5. The fourth-order valence-electron chi connectivity index (χ4n) is 2.99. The van der Waals surface area contributed by atoms with E-state index in [9.17, 15) is 4.79 Å². The molecule has 0 spiro atoms. The van der Waals surface area contributed by atoms with Crippen molar-refractivity contribution in [1.82, 2.24) is 24.9 Å². The highest BCUT2D eigenvalue weighted by Crippen LogP contribution is 2.19. The average molecular weight is 372 g/mol. The number of para-hydroxylation sites is 2. The molecular weight excluding hydrogens is 352 g/mol. The second-order valence-electron chi connectivity index (χ2n) is 6.25. The molecule has 0 fully saturated rings. The highest BCUT2D eigenvalue weighted by Gasteiger charge is 2.09. The topological polar surface area (TPSA) is 76.8 Å². The van der Waals surface area contributed by atoms with Crippen molar-refractivity contribution in [3.63, 3.8) is 0 Å². The number of nitrogens with one attached hydrogen (secondary N) is 2. The predicted octanol–water partition coefficient (Wildman–Crippen LogP) is 3.44. The highest BCUT2D eigenvalue weighted by molar-refractivity contribution is 5.91. The van der Waals surface area contributed by atoms with Crippen LogP contribution in [0.5, 0.6) is 0 Å². The Morgan fingerprint density at radius 1 is 0.857 bits per heavy atom. The van der Waals surface area contributed by atoms with Crippen molar-refractivity contribution in [3.8, 4) is 5.69 Å². The number of amides is 2. The van der Waals surface area contributed by atoms with E-state index in [1.54, 1.807) is 17.1 Å². The molecule has 7 nitrogen and oxygen atoms in total. The van der Waals surface area contributed by atoms with E-state index in [2.05, 4.69) is 20.8 Å². The van der Waals surface area contributed by atoms with Crippen molar-refractivity contribution in [1.29, 1.82) is 0 Å². The summed E-state index contributed by atoms with van der Waals surface area (Å²) in [4.78, 5) is 12.5. The zero-order valence-corrected chi connectivity index (χ0v) is 15.2. The summed E-state index contributed by atoms with van der Waals surface area (Å²) in [5.41, 5.74) is 3.66. The van der Waals surface area contributed by atoms with Crippen LogP contribution in [0, 0.1) is 0 Å². The second kappa shape index (κ2) is 8.22. The summed E-state index contributed by atoms with van der Waals surface area (Å²) < 4.78 is 3.58. The molecule has 7 heteroatoms. The van der Waals surface area contributed by atoms with E-state index in [4.69, 9.17) is 0 Å². The van der Waals surface area contributed by atoms with Gasteiger partial charge in [-0.3, -0.25) is 4.68 Å². The van der Waals surface area contributed by atoms with Crippen LogP contribution in [0.2, 0.25) is 0 Å². The third-order valence-electron chi connectivity index (χ3n) is 4.35. The van der Waals surface area contributed by atoms with Gasteiger partial charge in [-0.15, -0.1) is 0 Å². The van der Waals surface area contributed by atoms with E-state index in [-0.39, 0.29) is 6.03 Å². The van der Waals surface area contributed by atoms with Gasteiger partial charge < -0.3 is 10.6 Å². The number of nitrogens with zero attached hydrogens (tertiary/aromatic N) is 4. The summed E-state index contributed by atoms with van der Waals surface area (Å²) in [6.07, 6.45) is 7.21. The number of carbonyl (C=O) groups is 1. The van der Waals surface area contributed by atoms with E-state index in [1.807, 2.05) is 77.7 Å². The fraction of sp³-hybridized carbons (Fsp3) is 0.0952. The van der Waals surface area contributed by atoms with Gasteiger partial charge in [0.2, 0.25) is 0 Å². The monoisotopic (exact) mass is 372 g/mol. The van der Waals surface area contributed by atoms with Gasteiger partial charge in [0.15, 0.2) is 0 Å². The Morgan fingerprint density at radius 2 is 1.61 bits per heavy atom. The van der Waals surface area contributed by atoms with Crippen molar-refractivity contribution in [3.05, 3.63) is 96.6 Å². The van der Waals surface area contributed by atoms with Gasteiger partial charge in [-0.2, -0.15) is 10.2 Å². The maximum atomic E-state index is 12.5. The van der Waals surface area contributed by atoms with Crippen LogP contribution < -0.4 is 10.6 Å². The molecule has 0 radical (unpaired) electrons. The summed E-state index contributed by atoms with van der Waals surface area (Å²) in [5, 5.41) is 14.3. The molecule has 2 aromatic carbocycles. The first-order chi connectivity index (χ1) is 13.8. The zero-order chi connectivity index (χ0) is 19.2. The van der Waals surface area contributed by atoms with Gasteiger partial charge in [0.25, 0.3) is 0 Å². The first-order valence-corrected chi connectivity index (χ1v) is 8.98.